The number of aromatic carboxylic acids is 1. The van der Waals surface area contributed by atoms with E-state index in [9.17, 15) is 9.59 Å². The molecule has 5 nitrogen and oxygen atoms in total. The maximum Gasteiger partial charge on any atom is 0.339 e. The summed E-state index contributed by atoms with van der Waals surface area (Å²) in [6, 6.07) is 9.95. The third-order valence-corrected chi connectivity index (χ3v) is 4.79. The maximum absolute atomic E-state index is 12.3. The molecule has 1 aliphatic rings. The molecule has 1 heterocycles. The van der Waals surface area contributed by atoms with Gasteiger partial charge in [0.25, 0.3) is 0 Å². The second kappa shape index (κ2) is 6.75. The van der Waals surface area contributed by atoms with E-state index in [1.165, 1.54) is 17.2 Å². The first-order valence-corrected chi connectivity index (χ1v) is 8.57. The summed E-state index contributed by atoms with van der Waals surface area (Å²) in [5.41, 5.74) is 2.64. The highest BCUT2D eigenvalue weighted by Gasteiger charge is 2.43. The number of furan rings is 1. The van der Waals surface area contributed by atoms with Crippen LogP contribution < -0.4 is 5.32 Å². The van der Waals surface area contributed by atoms with Gasteiger partial charge in [0.15, 0.2) is 0 Å². The Morgan fingerprint density at radius 3 is 2.52 bits per heavy atom. The van der Waals surface area contributed by atoms with Crippen LogP contribution in [-0.2, 0) is 11.3 Å². The van der Waals surface area contributed by atoms with Crippen LogP contribution in [0.4, 0.5) is 0 Å². The monoisotopic (exact) mass is 341 g/mol. The number of rotatable bonds is 6. The van der Waals surface area contributed by atoms with Crippen molar-refractivity contribution < 1.29 is 19.1 Å². The minimum atomic E-state index is -1.02. The van der Waals surface area contributed by atoms with E-state index in [4.69, 9.17) is 9.52 Å². The topological polar surface area (TPSA) is 79.5 Å². The van der Waals surface area contributed by atoms with E-state index >= 15 is 0 Å². The van der Waals surface area contributed by atoms with Crippen molar-refractivity contribution in [1.29, 1.82) is 0 Å². The van der Waals surface area contributed by atoms with Gasteiger partial charge in [-0.25, -0.2) is 4.79 Å². The van der Waals surface area contributed by atoms with E-state index in [1.54, 1.807) is 6.92 Å². The molecule has 25 heavy (non-hydrogen) atoms. The molecule has 0 spiro atoms. The summed E-state index contributed by atoms with van der Waals surface area (Å²) in [7, 11) is 0. The molecule has 1 amide bonds. The fourth-order valence-corrected chi connectivity index (χ4v) is 3.13. The number of hydrogen-bond acceptors (Lipinski definition) is 3. The zero-order chi connectivity index (χ0) is 18.1. The fourth-order valence-electron chi connectivity index (χ4n) is 3.13. The standard InChI is InChI=1S/C20H23NO4/c1-11(2)13-4-6-14(7-5-13)17-9-18(17)19(22)21-10-15-8-16(20(23)24)12(3)25-15/h4-8,11,17-18H,9-10H2,1-3H3,(H,21,22)(H,23,24). The Morgan fingerprint density at radius 1 is 1.28 bits per heavy atom. The highest BCUT2D eigenvalue weighted by molar-refractivity contribution is 5.89. The predicted molar refractivity (Wildman–Crippen MR) is 93.6 cm³/mol. The van der Waals surface area contributed by atoms with E-state index in [-0.39, 0.29) is 29.9 Å². The van der Waals surface area contributed by atoms with Gasteiger partial charge in [0, 0.05) is 5.92 Å². The maximum atomic E-state index is 12.3. The smallest absolute Gasteiger partial charge is 0.339 e. The molecular weight excluding hydrogens is 318 g/mol. The first-order chi connectivity index (χ1) is 11.9. The number of carbonyl (C=O) groups excluding carboxylic acids is 1. The average Bonchev–Trinajstić information content (AvgIpc) is 3.29. The van der Waals surface area contributed by atoms with Crippen LogP contribution in [0.25, 0.3) is 0 Å². The molecule has 5 heteroatoms. The first-order valence-electron chi connectivity index (χ1n) is 8.57. The summed E-state index contributed by atoms with van der Waals surface area (Å²) in [6.07, 6.45) is 0.852. The van der Waals surface area contributed by atoms with Gasteiger partial charge >= 0.3 is 5.97 Å². The van der Waals surface area contributed by atoms with E-state index in [2.05, 4.69) is 43.4 Å². The summed E-state index contributed by atoms with van der Waals surface area (Å²) in [6.45, 7) is 6.14. The molecule has 1 fully saturated rings. The second-order valence-corrected chi connectivity index (χ2v) is 6.98. The molecule has 0 bridgehead atoms. The molecular formula is C20H23NO4. The average molecular weight is 341 g/mol. The number of nitrogens with one attached hydrogen (secondary N) is 1. The number of benzene rings is 1. The Kier molecular flexibility index (Phi) is 4.66. The van der Waals surface area contributed by atoms with Crippen molar-refractivity contribution in [3.63, 3.8) is 0 Å². The lowest BCUT2D eigenvalue weighted by Crippen LogP contribution is -2.24. The molecule has 1 aromatic heterocycles. The lowest BCUT2D eigenvalue weighted by molar-refractivity contribution is -0.122. The number of carbonyl (C=O) groups is 2. The number of carboxylic acids is 1. The number of carboxylic acid groups (broad SMARTS) is 1. The van der Waals surface area contributed by atoms with Gasteiger partial charge in [-0.15, -0.1) is 0 Å². The van der Waals surface area contributed by atoms with E-state index < -0.39 is 5.97 Å². The minimum Gasteiger partial charge on any atom is -0.478 e. The normalized spacial score (nSPS) is 19.0. The molecule has 3 rings (SSSR count). The Bertz CT molecular complexity index is 789. The van der Waals surface area contributed by atoms with E-state index in [0.717, 1.165) is 6.42 Å². The van der Waals surface area contributed by atoms with Crippen molar-refractivity contribution in [3.8, 4) is 0 Å². The van der Waals surface area contributed by atoms with Gasteiger partial charge in [-0.05, 0) is 42.4 Å². The molecule has 1 aliphatic carbocycles. The summed E-state index contributed by atoms with van der Waals surface area (Å²) < 4.78 is 5.38. The Hall–Kier alpha value is -2.56. The van der Waals surface area contributed by atoms with Crippen LogP contribution in [-0.4, -0.2) is 17.0 Å². The molecule has 132 valence electrons. The highest BCUT2D eigenvalue weighted by atomic mass is 16.4. The van der Waals surface area contributed by atoms with Gasteiger partial charge in [0.1, 0.15) is 17.1 Å². The summed E-state index contributed by atoms with van der Waals surface area (Å²) in [4.78, 5) is 23.3. The van der Waals surface area contributed by atoms with E-state index in [1.807, 2.05) is 0 Å². The quantitative estimate of drug-likeness (QED) is 0.837. The molecule has 2 N–H and O–H groups in total. The SMILES string of the molecule is Cc1oc(CNC(=O)C2CC2c2ccc(C(C)C)cc2)cc1C(=O)O. The molecule has 1 saturated carbocycles. The van der Waals surface area contributed by atoms with Crippen LogP contribution >= 0.6 is 0 Å². The number of amides is 1. The van der Waals surface area contributed by atoms with Crippen molar-refractivity contribution in [2.24, 2.45) is 5.92 Å². The highest BCUT2D eigenvalue weighted by Crippen LogP contribution is 2.47. The Balaban J connectivity index is 1.55. The van der Waals surface area contributed by atoms with Crippen LogP contribution in [0.2, 0.25) is 0 Å². The van der Waals surface area contributed by atoms with Gasteiger partial charge in [-0.3, -0.25) is 4.79 Å². The number of hydrogen-bond donors (Lipinski definition) is 2. The molecule has 0 aliphatic heterocycles. The van der Waals surface area contributed by atoms with Crippen LogP contribution in [0.3, 0.4) is 0 Å². The van der Waals surface area contributed by atoms with Crippen LogP contribution in [0, 0.1) is 12.8 Å². The van der Waals surface area contributed by atoms with Crippen molar-refractivity contribution in [1.82, 2.24) is 5.32 Å². The van der Waals surface area contributed by atoms with Crippen LogP contribution in [0.5, 0.6) is 0 Å². The zero-order valence-corrected chi connectivity index (χ0v) is 14.7. The number of aryl methyl sites for hydroxylation is 1. The van der Waals surface area contributed by atoms with E-state index in [0.29, 0.717) is 17.4 Å². The molecule has 2 atom stereocenters. The van der Waals surface area contributed by atoms with Gasteiger partial charge in [0.2, 0.25) is 5.91 Å². The zero-order valence-electron chi connectivity index (χ0n) is 14.7. The molecule has 1 aromatic carbocycles. The second-order valence-electron chi connectivity index (χ2n) is 6.98. The van der Waals surface area contributed by atoms with Gasteiger partial charge in [-0.1, -0.05) is 38.1 Å². The van der Waals surface area contributed by atoms with Crippen LogP contribution in [0.1, 0.15) is 65.1 Å². The van der Waals surface area contributed by atoms with Gasteiger partial charge < -0.3 is 14.8 Å². The minimum absolute atomic E-state index is 0.0103. The Morgan fingerprint density at radius 2 is 1.96 bits per heavy atom. The van der Waals surface area contributed by atoms with Crippen molar-refractivity contribution in [3.05, 3.63) is 58.5 Å². The lowest BCUT2D eigenvalue weighted by Gasteiger charge is -2.07. The predicted octanol–water partition coefficient (Wildman–Crippen LogP) is 3.83. The largest absolute Gasteiger partial charge is 0.478 e. The summed E-state index contributed by atoms with van der Waals surface area (Å²) >= 11 is 0. The summed E-state index contributed by atoms with van der Waals surface area (Å²) in [5, 5.41) is 11.9. The molecule has 2 unspecified atom stereocenters. The van der Waals surface area contributed by atoms with Gasteiger partial charge in [-0.2, -0.15) is 0 Å². The molecule has 0 radical (unpaired) electrons. The molecule has 0 saturated heterocycles. The van der Waals surface area contributed by atoms with Crippen LogP contribution in [0.15, 0.2) is 34.7 Å². The van der Waals surface area contributed by atoms with Crippen molar-refractivity contribution in [2.75, 3.05) is 0 Å². The lowest BCUT2D eigenvalue weighted by atomic mass is 10.00. The summed E-state index contributed by atoms with van der Waals surface area (Å²) in [5.74, 6) is 0.539. The third kappa shape index (κ3) is 3.76. The van der Waals surface area contributed by atoms with Gasteiger partial charge in [0.05, 0.1) is 6.54 Å². The third-order valence-electron chi connectivity index (χ3n) is 4.79. The molecule has 2 aromatic rings. The van der Waals surface area contributed by atoms with Crippen molar-refractivity contribution in [2.45, 2.75) is 45.6 Å². The Labute approximate surface area is 147 Å². The van der Waals surface area contributed by atoms with Crippen molar-refractivity contribution >= 4 is 11.9 Å². The fraction of sp³-hybridized carbons (Fsp3) is 0.400. The first kappa shape index (κ1) is 17.3.